The van der Waals surface area contributed by atoms with Crippen molar-refractivity contribution in [3.05, 3.63) is 28.8 Å². The molecule has 0 saturated carbocycles. The van der Waals surface area contributed by atoms with Gasteiger partial charge in [0.1, 0.15) is 4.90 Å². The maximum atomic E-state index is 12.5. The number of ether oxygens (including phenoxy) is 1. The normalized spacial score (nSPS) is 12.0. The molecule has 9 heteroatoms. The fourth-order valence-electron chi connectivity index (χ4n) is 1.72. The lowest BCUT2D eigenvalue weighted by Gasteiger charge is -2.21. The molecule has 0 radical (unpaired) electrons. The summed E-state index contributed by atoms with van der Waals surface area (Å²) in [6.07, 6.45) is -2.84. The van der Waals surface area contributed by atoms with Crippen LogP contribution in [0.3, 0.4) is 0 Å². The molecular weight excluding hydrogens is 328 g/mol. The van der Waals surface area contributed by atoms with Crippen molar-refractivity contribution in [1.29, 1.82) is 0 Å². The zero-order chi connectivity index (χ0) is 16.2. The van der Waals surface area contributed by atoms with Crippen LogP contribution in [0.2, 0.25) is 5.02 Å². The van der Waals surface area contributed by atoms with Crippen molar-refractivity contribution in [2.24, 2.45) is 0 Å². The Kier molecular flexibility index (Phi) is 6.06. The molecule has 0 spiro atoms. The van der Waals surface area contributed by atoms with E-state index in [1.165, 1.54) is 25.1 Å². The van der Waals surface area contributed by atoms with E-state index in [1.807, 2.05) is 0 Å². The highest BCUT2D eigenvalue weighted by Gasteiger charge is 2.32. The highest BCUT2D eigenvalue weighted by Crippen LogP contribution is 2.29. The van der Waals surface area contributed by atoms with Gasteiger partial charge in [0.25, 0.3) is 6.43 Å². The summed E-state index contributed by atoms with van der Waals surface area (Å²) < 4.78 is 55.0. The molecule has 0 atom stereocenters. The van der Waals surface area contributed by atoms with Gasteiger partial charge in [0, 0.05) is 6.54 Å². The highest BCUT2D eigenvalue weighted by atomic mass is 35.5. The van der Waals surface area contributed by atoms with Crippen LogP contribution < -0.4 is 0 Å². The van der Waals surface area contributed by atoms with Crippen LogP contribution in [-0.4, -0.2) is 45.3 Å². The van der Waals surface area contributed by atoms with Gasteiger partial charge in [-0.3, -0.25) is 0 Å². The van der Waals surface area contributed by atoms with Crippen molar-refractivity contribution < 1.29 is 26.7 Å². The largest absolute Gasteiger partial charge is 0.465 e. The molecule has 0 unspecified atom stereocenters. The lowest BCUT2D eigenvalue weighted by atomic mass is 10.2. The summed E-state index contributed by atoms with van der Waals surface area (Å²) in [5.74, 6) is -0.913. The molecule has 0 N–H and O–H groups in total. The Morgan fingerprint density at radius 3 is 2.52 bits per heavy atom. The summed E-state index contributed by atoms with van der Waals surface area (Å²) >= 11 is 5.85. The third kappa shape index (κ3) is 3.90. The monoisotopic (exact) mass is 341 g/mol. The molecule has 0 amide bonds. The van der Waals surface area contributed by atoms with Gasteiger partial charge in [0.05, 0.1) is 24.2 Å². The molecule has 5 nitrogen and oxygen atoms in total. The van der Waals surface area contributed by atoms with E-state index in [1.54, 1.807) is 0 Å². The Hall–Kier alpha value is -1.25. The van der Waals surface area contributed by atoms with E-state index in [2.05, 4.69) is 4.74 Å². The van der Waals surface area contributed by atoms with Crippen molar-refractivity contribution in [3.63, 3.8) is 0 Å². The number of benzene rings is 1. The van der Waals surface area contributed by atoms with Crippen molar-refractivity contribution in [1.82, 2.24) is 4.31 Å². The summed E-state index contributed by atoms with van der Waals surface area (Å²) in [7, 11) is -3.26. The van der Waals surface area contributed by atoms with Crippen molar-refractivity contribution >= 4 is 27.6 Å². The summed E-state index contributed by atoms with van der Waals surface area (Å²) in [5.41, 5.74) is -0.294. The van der Waals surface area contributed by atoms with Gasteiger partial charge in [-0.1, -0.05) is 24.6 Å². The zero-order valence-corrected chi connectivity index (χ0v) is 12.9. The van der Waals surface area contributed by atoms with E-state index in [9.17, 15) is 22.0 Å². The fraction of sp³-hybridized carbons (Fsp3) is 0.417. The number of hydrogen-bond acceptors (Lipinski definition) is 4. The molecule has 21 heavy (non-hydrogen) atoms. The number of nitrogens with zero attached hydrogens (tertiary/aromatic N) is 1. The summed E-state index contributed by atoms with van der Waals surface area (Å²) in [5, 5.41) is -0.231. The molecule has 1 aromatic rings. The second-order valence-corrected chi connectivity index (χ2v) is 6.24. The van der Waals surface area contributed by atoms with Crippen LogP contribution in [-0.2, 0) is 14.8 Å². The molecule has 0 heterocycles. The van der Waals surface area contributed by atoms with E-state index < -0.39 is 33.9 Å². The lowest BCUT2D eigenvalue weighted by molar-refractivity contribution is 0.0596. The van der Waals surface area contributed by atoms with Crippen molar-refractivity contribution in [3.8, 4) is 0 Å². The maximum Gasteiger partial charge on any atom is 0.339 e. The third-order valence-corrected chi connectivity index (χ3v) is 5.13. The molecule has 0 bridgehead atoms. The number of rotatable bonds is 6. The van der Waals surface area contributed by atoms with Crippen molar-refractivity contribution in [2.75, 3.05) is 20.2 Å². The topological polar surface area (TPSA) is 63.7 Å². The van der Waals surface area contributed by atoms with Crippen LogP contribution in [0.5, 0.6) is 0 Å². The zero-order valence-electron chi connectivity index (χ0n) is 11.3. The summed E-state index contributed by atoms with van der Waals surface area (Å²) in [6, 6.07) is 3.84. The van der Waals surface area contributed by atoms with Crippen LogP contribution in [0, 0.1) is 0 Å². The first kappa shape index (κ1) is 17.8. The fourth-order valence-corrected chi connectivity index (χ4v) is 3.84. The molecule has 0 aliphatic carbocycles. The Balaban J connectivity index is 3.46. The van der Waals surface area contributed by atoms with Gasteiger partial charge in [-0.15, -0.1) is 0 Å². The first-order chi connectivity index (χ1) is 9.75. The Labute approximate surface area is 126 Å². The maximum absolute atomic E-state index is 12.5. The number of carbonyl (C=O) groups is 1. The first-order valence-corrected chi connectivity index (χ1v) is 7.72. The molecule has 0 aliphatic heterocycles. The number of alkyl halides is 2. The van der Waals surface area contributed by atoms with Gasteiger partial charge >= 0.3 is 5.97 Å². The Morgan fingerprint density at radius 1 is 1.43 bits per heavy atom. The van der Waals surface area contributed by atoms with Gasteiger partial charge in [-0.2, -0.15) is 4.31 Å². The number of halogens is 3. The van der Waals surface area contributed by atoms with Gasteiger partial charge in [0.2, 0.25) is 10.0 Å². The molecule has 0 saturated heterocycles. The van der Waals surface area contributed by atoms with Gasteiger partial charge in [0.15, 0.2) is 0 Å². The van der Waals surface area contributed by atoms with E-state index >= 15 is 0 Å². The summed E-state index contributed by atoms with van der Waals surface area (Å²) in [4.78, 5) is 11.1. The smallest absolute Gasteiger partial charge is 0.339 e. The van der Waals surface area contributed by atoms with E-state index in [0.717, 1.165) is 7.11 Å². The van der Waals surface area contributed by atoms with Crippen LogP contribution in [0.25, 0.3) is 0 Å². The minimum atomic E-state index is -4.34. The lowest BCUT2D eigenvalue weighted by Crippen LogP contribution is -2.36. The SMILES string of the molecule is CCN(CC(F)F)S(=O)(=O)c1c(Cl)cccc1C(=O)OC. The van der Waals surface area contributed by atoms with Gasteiger partial charge in [-0.05, 0) is 12.1 Å². The van der Waals surface area contributed by atoms with Crippen LogP contribution in [0.15, 0.2) is 23.1 Å². The average molecular weight is 342 g/mol. The highest BCUT2D eigenvalue weighted by molar-refractivity contribution is 7.89. The minimum Gasteiger partial charge on any atom is -0.465 e. The first-order valence-electron chi connectivity index (χ1n) is 5.90. The molecule has 118 valence electrons. The summed E-state index contributed by atoms with van der Waals surface area (Å²) in [6.45, 7) is 0.248. The number of hydrogen-bond donors (Lipinski definition) is 0. The molecule has 0 aromatic heterocycles. The van der Waals surface area contributed by atoms with E-state index in [4.69, 9.17) is 11.6 Å². The van der Waals surface area contributed by atoms with Gasteiger partial charge < -0.3 is 4.74 Å². The molecule has 0 fully saturated rings. The number of sulfonamides is 1. The molecule has 1 rings (SSSR count). The minimum absolute atomic E-state index is 0.182. The van der Waals surface area contributed by atoms with Crippen LogP contribution in [0.4, 0.5) is 8.78 Å². The van der Waals surface area contributed by atoms with E-state index in [-0.39, 0.29) is 17.1 Å². The predicted octanol–water partition coefficient (Wildman–Crippen LogP) is 2.40. The quantitative estimate of drug-likeness (QED) is 0.745. The standard InChI is InChI=1S/C12H14ClF2NO4S/c1-3-16(7-10(14)15)21(18,19)11-8(12(17)20-2)5-4-6-9(11)13/h4-6,10H,3,7H2,1-2H3. The Bertz CT molecular complexity index is 622. The number of methoxy groups -OCH3 is 1. The van der Waals surface area contributed by atoms with Gasteiger partial charge in [-0.25, -0.2) is 22.0 Å². The van der Waals surface area contributed by atoms with Crippen molar-refractivity contribution in [2.45, 2.75) is 18.2 Å². The second-order valence-electron chi connectivity index (χ2n) is 3.95. The molecular formula is C12H14ClF2NO4S. The third-order valence-electron chi connectivity index (χ3n) is 2.66. The molecule has 0 aliphatic rings. The van der Waals surface area contributed by atoms with Crippen LogP contribution >= 0.6 is 11.6 Å². The predicted molar refractivity (Wildman–Crippen MR) is 73.2 cm³/mol. The van der Waals surface area contributed by atoms with Crippen LogP contribution in [0.1, 0.15) is 17.3 Å². The van der Waals surface area contributed by atoms with E-state index in [0.29, 0.717) is 4.31 Å². The molecule has 1 aromatic carbocycles. The number of esters is 1. The second kappa shape index (κ2) is 7.15. The number of carbonyl (C=O) groups excluding carboxylic acids is 1. The Morgan fingerprint density at radius 2 is 2.05 bits per heavy atom. The average Bonchev–Trinajstić information content (AvgIpc) is 2.42.